The molecule has 3 aliphatic rings. The molecule has 7 nitrogen and oxygen atoms in total. The number of carboxylic acids is 1. The zero-order chi connectivity index (χ0) is 21.6. The van der Waals surface area contributed by atoms with Crippen LogP contribution in [0.5, 0.6) is 0 Å². The van der Waals surface area contributed by atoms with Crippen molar-refractivity contribution in [1.82, 2.24) is 14.7 Å². The zero-order valence-corrected chi connectivity index (χ0v) is 19.2. The molecule has 1 spiro atoms. The molecule has 31 heavy (non-hydrogen) atoms. The van der Waals surface area contributed by atoms with Gasteiger partial charge < -0.3 is 20.0 Å². The molecule has 0 unspecified atom stereocenters. The molecule has 0 atom stereocenters. The Morgan fingerprint density at radius 2 is 1.68 bits per heavy atom. The summed E-state index contributed by atoms with van der Waals surface area (Å²) in [5, 5.41) is 20.1. The Morgan fingerprint density at radius 1 is 1.06 bits per heavy atom. The fraction of sp³-hybridized carbons (Fsp3) is 0.652. The number of carbonyl (C=O) groups is 2. The van der Waals surface area contributed by atoms with E-state index in [0.29, 0.717) is 25.9 Å². The van der Waals surface area contributed by atoms with Crippen molar-refractivity contribution in [2.24, 2.45) is 0 Å². The lowest BCUT2D eigenvalue weighted by atomic mass is 9.67. The number of aliphatic carboxylic acids is 1. The van der Waals surface area contributed by atoms with Crippen LogP contribution in [0.25, 0.3) is 0 Å². The largest absolute Gasteiger partial charge is 0.480 e. The number of β-amino-alcohol motifs (C(OH)–C–C–N with tert-alkyl or cyclic N) is 1. The third-order valence-electron chi connectivity index (χ3n) is 7.80. The first-order valence-corrected chi connectivity index (χ1v) is 10.9. The number of benzene rings is 1. The third kappa shape index (κ3) is 4.15. The third-order valence-corrected chi connectivity index (χ3v) is 7.80. The van der Waals surface area contributed by atoms with Crippen molar-refractivity contribution in [3.63, 3.8) is 0 Å². The number of rotatable bonds is 6. The molecule has 4 rings (SSSR count). The van der Waals surface area contributed by atoms with E-state index in [4.69, 9.17) is 0 Å². The number of nitrogens with zero attached hydrogens (tertiary/aromatic N) is 3. The van der Waals surface area contributed by atoms with Gasteiger partial charge in [0.1, 0.15) is 6.54 Å². The highest BCUT2D eigenvalue weighted by Gasteiger charge is 2.56. The summed E-state index contributed by atoms with van der Waals surface area (Å²) in [6, 6.07) is 10.3. The molecule has 2 N–H and O–H groups in total. The van der Waals surface area contributed by atoms with E-state index in [1.54, 1.807) is 0 Å². The van der Waals surface area contributed by atoms with Crippen LogP contribution in [0.3, 0.4) is 0 Å². The van der Waals surface area contributed by atoms with E-state index >= 15 is 0 Å². The van der Waals surface area contributed by atoms with Gasteiger partial charge in [-0.3, -0.25) is 9.69 Å². The van der Waals surface area contributed by atoms with E-state index in [0.717, 1.165) is 32.1 Å². The summed E-state index contributed by atoms with van der Waals surface area (Å²) in [5.74, 6) is -0.995. The Morgan fingerprint density at radius 3 is 2.16 bits per heavy atom. The fourth-order valence-electron chi connectivity index (χ4n) is 5.74. The molecule has 1 aliphatic heterocycles. The fourth-order valence-corrected chi connectivity index (χ4v) is 5.74. The molecule has 1 aromatic rings. The van der Waals surface area contributed by atoms with Crippen molar-refractivity contribution < 1.29 is 19.8 Å². The second kappa shape index (κ2) is 8.60. The van der Waals surface area contributed by atoms with Gasteiger partial charge in [0.15, 0.2) is 0 Å². The SMILES string of the molecule is CN(C)C1(c2ccccc2)CCC2(CC1)CN(CC(=O)O)C(=O)N2CC1(O)CCC1.Cl. The number of aliphatic hydroxyl groups is 1. The van der Waals surface area contributed by atoms with Crippen LogP contribution in [0.1, 0.15) is 50.5 Å². The minimum atomic E-state index is -0.995. The van der Waals surface area contributed by atoms with E-state index in [-0.39, 0.29) is 30.5 Å². The van der Waals surface area contributed by atoms with Gasteiger partial charge in [0.05, 0.1) is 17.7 Å². The molecule has 1 aromatic carbocycles. The first kappa shape index (κ1) is 23.8. The van der Waals surface area contributed by atoms with E-state index in [1.165, 1.54) is 10.5 Å². The van der Waals surface area contributed by atoms with Crippen LogP contribution in [0.4, 0.5) is 4.79 Å². The highest BCUT2D eigenvalue weighted by Crippen LogP contribution is 2.49. The van der Waals surface area contributed by atoms with Crippen LogP contribution in [0.2, 0.25) is 0 Å². The maximum absolute atomic E-state index is 13.2. The second-order valence-corrected chi connectivity index (χ2v) is 9.71. The van der Waals surface area contributed by atoms with E-state index < -0.39 is 17.1 Å². The predicted molar refractivity (Wildman–Crippen MR) is 120 cm³/mol. The molecule has 0 aromatic heterocycles. The highest BCUT2D eigenvalue weighted by atomic mass is 35.5. The second-order valence-electron chi connectivity index (χ2n) is 9.71. The summed E-state index contributed by atoms with van der Waals surface area (Å²) in [4.78, 5) is 30.1. The molecule has 2 amide bonds. The molecule has 0 bridgehead atoms. The smallest absolute Gasteiger partial charge is 0.323 e. The van der Waals surface area contributed by atoms with Crippen LogP contribution < -0.4 is 0 Å². The Hall–Kier alpha value is -1.83. The molecule has 0 radical (unpaired) electrons. The molecule has 3 fully saturated rings. The number of hydrogen-bond acceptors (Lipinski definition) is 4. The number of hydrogen-bond donors (Lipinski definition) is 2. The van der Waals surface area contributed by atoms with E-state index in [1.807, 2.05) is 11.0 Å². The Bertz CT molecular complexity index is 804. The number of urea groups is 1. The first-order chi connectivity index (χ1) is 14.2. The molecule has 1 saturated heterocycles. The van der Waals surface area contributed by atoms with Crippen molar-refractivity contribution >= 4 is 24.4 Å². The maximum atomic E-state index is 13.2. The van der Waals surface area contributed by atoms with Crippen LogP contribution in [-0.4, -0.2) is 81.8 Å². The molecule has 2 saturated carbocycles. The van der Waals surface area contributed by atoms with Crippen LogP contribution in [-0.2, 0) is 10.3 Å². The van der Waals surface area contributed by atoms with Gasteiger partial charge >= 0.3 is 12.0 Å². The number of amides is 2. The normalized spacial score (nSPS) is 29.7. The van der Waals surface area contributed by atoms with Crippen LogP contribution in [0.15, 0.2) is 30.3 Å². The van der Waals surface area contributed by atoms with E-state index in [9.17, 15) is 19.8 Å². The zero-order valence-electron chi connectivity index (χ0n) is 18.4. The number of halogens is 1. The summed E-state index contributed by atoms with van der Waals surface area (Å²) in [5.41, 5.74) is -0.0565. The lowest BCUT2D eigenvalue weighted by Gasteiger charge is -2.52. The van der Waals surface area contributed by atoms with Crippen molar-refractivity contribution in [1.29, 1.82) is 0 Å². The van der Waals surface area contributed by atoms with E-state index in [2.05, 4.69) is 43.3 Å². The summed E-state index contributed by atoms with van der Waals surface area (Å²) in [6.45, 7) is 0.446. The average molecular weight is 452 g/mol. The van der Waals surface area contributed by atoms with Gasteiger partial charge in [-0.1, -0.05) is 30.3 Å². The molecule has 8 heteroatoms. The van der Waals surface area contributed by atoms with Gasteiger partial charge in [0.25, 0.3) is 0 Å². The maximum Gasteiger partial charge on any atom is 0.323 e. The van der Waals surface area contributed by atoms with Gasteiger partial charge in [0, 0.05) is 12.1 Å². The van der Waals surface area contributed by atoms with Crippen molar-refractivity contribution in [2.45, 2.75) is 61.6 Å². The van der Waals surface area contributed by atoms with Gasteiger partial charge in [-0.2, -0.15) is 0 Å². The topological polar surface area (TPSA) is 84.3 Å². The van der Waals surface area contributed by atoms with Crippen molar-refractivity contribution in [3.8, 4) is 0 Å². The lowest BCUT2D eigenvalue weighted by molar-refractivity contribution is -0.137. The van der Waals surface area contributed by atoms with Crippen LogP contribution >= 0.6 is 12.4 Å². The quantitative estimate of drug-likeness (QED) is 0.694. The first-order valence-electron chi connectivity index (χ1n) is 10.9. The van der Waals surface area contributed by atoms with Gasteiger partial charge in [-0.15, -0.1) is 12.4 Å². The molecular weight excluding hydrogens is 418 g/mol. The number of carboxylic acid groups (broad SMARTS) is 1. The molecule has 1 heterocycles. The minimum absolute atomic E-state index is 0. The van der Waals surface area contributed by atoms with Crippen LogP contribution in [0, 0.1) is 0 Å². The lowest BCUT2D eigenvalue weighted by Crippen LogP contribution is -2.59. The predicted octanol–water partition coefficient (Wildman–Crippen LogP) is 2.92. The molecule has 2 aliphatic carbocycles. The Kier molecular flexibility index (Phi) is 6.61. The van der Waals surface area contributed by atoms with Crippen molar-refractivity contribution in [3.05, 3.63) is 35.9 Å². The van der Waals surface area contributed by atoms with Crippen molar-refractivity contribution in [2.75, 3.05) is 33.7 Å². The Labute approximate surface area is 190 Å². The summed E-state index contributed by atoms with van der Waals surface area (Å²) >= 11 is 0. The average Bonchev–Trinajstić information content (AvgIpc) is 2.93. The highest BCUT2D eigenvalue weighted by molar-refractivity contribution is 5.85. The van der Waals surface area contributed by atoms with Gasteiger partial charge in [-0.05, 0) is 64.6 Å². The number of carbonyl (C=O) groups excluding carboxylic acids is 1. The summed E-state index contributed by atoms with van der Waals surface area (Å²) in [6.07, 6.45) is 5.73. The Balaban J connectivity index is 0.00000272. The summed E-state index contributed by atoms with van der Waals surface area (Å²) in [7, 11) is 4.22. The molecular formula is C23H34ClN3O4. The molecule has 172 valence electrons. The van der Waals surface area contributed by atoms with Gasteiger partial charge in [0.2, 0.25) is 0 Å². The van der Waals surface area contributed by atoms with Gasteiger partial charge in [-0.25, -0.2) is 4.79 Å². The monoisotopic (exact) mass is 451 g/mol. The summed E-state index contributed by atoms with van der Waals surface area (Å²) < 4.78 is 0. The standard InChI is InChI=1S/C23H33N3O4.ClH/c1-24(2)23(18-7-4-3-5-8-18)13-11-21(12-14-23)16-25(15-19(27)28)20(29)26(21)17-22(30)9-6-10-22;/h3-5,7-8,30H,6,9-17H2,1-2H3,(H,27,28);1H. The minimum Gasteiger partial charge on any atom is -0.480 e.